The first-order chi connectivity index (χ1) is 8.08. The third-order valence-electron chi connectivity index (χ3n) is 3.99. The minimum absolute atomic E-state index is 0.0147. The molecule has 0 aromatic heterocycles. The molecule has 0 radical (unpaired) electrons. The van der Waals surface area contributed by atoms with Crippen molar-refractivity contribution in [2.45, 2.75) is 39.5 Å². The molecule has 3 heteroatoms. The molecule has 0 bridgehead atoms. The molecule has 0 spiro atoms. The van der Waals surface area contributed by atoms with E-state index in [-0.39, 0.29) is 5.91 Å². The van der Waals surface area contributed by atoms with E-state index in [0.717, 1.165) is 18.4 Å². The van der Waals surface area contributed by atoms with Gasteiger partial charge in [-0.15, -0.1) is 0 Å². The summed E-state index contributed by atoms with van der Waals surface area (Å²) >= 11 is 0. The van der Waals surface area contributed by atoms with Gasteiger partial charge in [0, 0.05) is 19.2 Å². The van der Waals surface area contributed by atoms with Gasteiger partial charge >= 0.3 is 0 Å². The maximum absolute atomic E-state index is 11.4. The predicted octanol–water partition coefficient (Wildman–Crippen LogP) is 2.11. The Hall–Kier alpha value is -0.830. The van der Waals surface area contributed by atoms with E-state index < -0.39 is 0 Å². The molecule has 1 amide bonds. The fraction of sp³-hybridized carbons (Fsp3) is 0.786. The van der Waals surface area contributed by atoms with Gasteiger partial charge < -0.3 is 10.4 Å². The molecular formula is C14H25NO2. The van der Waals surface area contributed by atoms with Crippen LogP contribution in [0.15, 0.2) is 11.6 Å². The smallest absolute Gasteiger partial charge is 0.246 e. The summed E-state index contributed by atoms with van der Waals surface area (Å²) in [4.78, 5) is 11.4. The van der Waals surface area contributed by atoms with Crippen LogP contribution < -0.4 is 5.32 Å². The Kier molecular flexibility index (Phi) is 5.69. The lowest BCUT2D eigenvalue weighted by Gasteiger charge is -2.30. The molecule has 0 aromatic carbocycles. The normalized spacial score (nSPS) is 27.6. The summed E-state index contributed by atoms with van der Waals surface area (Å²) in [6.07, 6.45) is 6.67. The zero-order valence-electron chi connectivity index (χ0n) is 11.2. The van der Waals surface area contributed by atoms with Crippen LogP contribution in [0, 0.1) is 17.8 Å². The lowest BCUT2D eigenvalue weighted by atomic mass is 9.76. The highest BCUT2D eigenvalue weighted by Gasteiger charge is 2.24. The van der Waals surface area contributed by atoms with Gasteiger partial charge in [0.15, 0.2) is 0 Å². The van der Waals surface area contributed by atoms with E-state index in [1.54, 1.807) is 7.05 Å². The summed E-state index contributed by atoms with van der Waals surface area (Å²) in [7, 11) is 1.66. The van der Waals surface area contributed by atoms with Gasteiger partial charge in [-0.3, -0.25) is 4.79 Å². The van der Waals surface area contributed by atoms with E-state index in [2.05, 4.69) is 18.3 Å². The fourth-order valence-electron chi connectivity index (χ4n) is 2.70. The number of aliphatic hydroxyl groups excluding tert-OH is 1. The predicted molar refractivity (Wildman–Crippen MR) is 69.5 cm³/mol. The molecule has 1 rings (SSSR count). The van der Waals surface area contributed by atoms with Gasteiger partial charge in [0.05, 0.1) is 0 Å². The van der Waals surface area contributed by atoms with Crippen molar-refractivity contribution < 1.29 is 9.90 Å². The average Bonchev–Trinajstić information content (AvgIpc) is 2.37. The first-order valence-electron chi connectivity index (χ1n) is 6.59. The Balaban J connectivity index is 2.48. The molecule has 1 saturated carbocycles. The quantitative estimate of drug-likeness (QED) is 0.738. The number of hydrogen-bond acceptors (Lipinski definition) is 2. The molecule has 1 atom stereocenters. The molecular weight excluding hydrogens is 214 g/mol. The van der Waals surface area contributed by atoms with E-state index in [1.807, 2.05) is 6.92 Å². The van der Waals surface area contributed by atoms with Crippen molar-refractivity contribution in [3.8, 4) is 0 Å². The first kappa shape index (κ1) is 14.2. The molecule has 1 aliphatic carbocycles. The summed E-state index contributed by atoms with van der Waals surface area (Å²) in [5.41, 5.74) is 0.810. The van der Waals surface area contributed by atoms with Crippen molar-refractivity contribution in [1.82, 2.24) is 5.32 Å². The van der Waals surface area contributed by atoms with Crippen molar-refractivity contribution in [2.24, 2.45) is 17.8 Å². The number of carbonyl (C=O) groups is 1. The number of nitrogens with one attached hydrogen (secondary N) is 1. The zero-order chi connectivity index (χ0) is 12.8. The second-order valence-electron chi connectivity index (χ2n) is 5.25. The number of allylic oxidation sites excluding steroid dienone is 1. The van der Waals surface area contributed by atoms with Crippen LogP contribution in [-0.4, -0.2) is 24.7 Å². The number of rotatable bonds is 4. The Bertz CT molecular complexity index is 278. The third kappa shape index (κ3) is 4.15. The van der Waals surface area contributed by atoms with Crippen molar-refractivity contribution in [1.29, 1.82) is 0 Å². The van der Waals surface area contributed by atoms with Crippen molar-refractivity contribution >= 4 is 5.91 Å². The third-order valence-corrected chi connectivity index (χ3v) is 3.99. The Morgan fingerprint density at radius 2 is 2.00 bits per heavy atom. The van der Waals surface area contributed by atoms with E-state index in [0.29, 0.717) is 24.4 Å². The van der Waals surface area contributed by atoms with E-state index in [1.165, 1.54) is 12.8 Å². The summed E-state index contributed by atoms with van der Waals surface area (Å²) in [6, 6.07) is 0. The van der Waals surface area contributed by atoms with Gasteiger partial charge in [0.1, 0.15) is 0 Å². The molecule has 0 aliphatic heterocycles. The summed E-state index contributed by atoms with van der Waals surface area (Å²) in [5.74, 6) is 1.63. The molecule has 0 saturated heterocycles. The van der Waals surface area contributed by atoms with E-state index in [9.17, 15) is 4.79 Å². The van der Waals surface area contributed by atoms with E-state index >= 15 is 0 Å². The highest BCUT2D eigenvalue weighted by atomic mass is 16.3. The molecule has 1 aliphatic rings. The molecule has 1 fully saturated rings. The van der Waals surface area contributed by atoms with Gasteiger partial charge in [0.2, 0.25) is 5.91 Å². The van der Waals surface area contributed by atoms with Gasteiger partial charge in [-0.2, -0.15) is 0 Å². The van der Waals surface area contributed by atoms with Crippen LogP contribution in [0.2, 0.25) is 0 Å². The van der Waals surface area contributed by atoms with Crippen LogP contribution >= 0.6 is 0 Å². The molecule has 0 aromatic rings. The second-order valence-corrected chi connectivity index (χ2v) is 5.25. The number of amides is 1. The Morgan fingerprint density at radius 1 is 1.41 bits per heavy atom. The van der Waals surface area contributed by atoms with Gasteiger partial charge in [0.25, 0.3) is 0 Å². The van der Waals surface area contributed by atoms with Crippen LogP contribution in [0.25, 0.3) is 0 Å². The zero-order valence-corrected chi connectivity index (χ0v) is 11.2. The van der Waals surface area contributed by atoms with Gasteiger partial charge in [-0.1, -0.05) is 13.0 Å². The van der Waals surface area contributed by atoms with Crippen LogP contribution in [0.4, 0.5) is 0 Å². The number of likely N-dealkylation sites (N-methyl/N-ethyl adjacent to an activating group) is 1. The largest absolute Gasteiger partial charge is 0.396 e. The number of carbonyl (C=O) groups excluding carboxylic acids is 1. The maximum Gasteiger partial charge on any atom is 0.246 e. The van der Waals surface area contributed by atoms with Crippen LogP contribution in [0.5, 0.6) is 0 Å². The van der Waals surface area contributed by atoms with Crippen LogP contribution in [0.3, 0.4) is 0 Å². The average molecular weight is 239 g/mol. The highest BCUT2D eigenvalue weighted by Crippen LogP contribution is 2.34. The van der Waals surface area contributed by atoms with Crippen LogP contribution in [-0.2, 0) is 4.79 Å². The SMILES string of the molecule is CNC(=O)/C(C)=C/C(C)C1CCC(CO)CC1. The standard InChI is InChI=1S/C14H25NO2/c1-10(8-11(2)14(17)15-3)13-6-4-12(9-16)5-7-13/h8,10,12-13,16H,4-7,9H2,1-3H3,(H,15,17)/b11-8+. The lowest BCUT2D eigenvalue weighted by molar-refractivity contribution is -0.117. The highest BCUT2D eigenvalue weighted by molar-refractivity contribution is 5.92. The summed E-state index contributed by atoms with van der Waals surface area (Å²) in [6.45, 7) is 4.39. The van der Waals surface area contributed by atoms with E-state index in [4.69, 9.17) is 5.11 Å². The van der Waals surface area contributed by atoms with Crippen molar-refractivity contribution in [3.63, 3.8) is 0 Å². The molecule has 98 valence electrons. The Morgan fingerprint density at radius 3 is 2.47 bits per heavy atom. The van der Waals surface area contributed by atoms with Gasteiger partial charge in [-0.05, 0) is 50.4 Å². The molecule has 1 unspecified atom stereocenters. The maximum atomic E-state index is 11.4. The molecule has 0 heterocycles. The first-order valence-corrected chi connectivity index (χ1v) is 6.59. The Labute approximate surface area is 104 Å². The molecule has 2 N–H and O–H groups in total. The van der Waals surface area contributed by atoms with Gasteiger partial charge in [-0.25, -0.2) is 0 Å². The molecule has 17 heavy (non-hydrogen) atoms. The van der Waals surface area contributed by atoms with Crippen molar-refractivity contribution in [2.75, 3.05) is 13.7 Å². The minimum atomic E-state index is 0.0147. The fourth-order valence-corrected chi connectivity index (χ4v) is 2.70. The van der Waals surface area contributed by atoms with Crippen LogP contribution in [0.1, 0.15) is 39.5 Å². The minimum Gasteiger partial charge on any atom is -0.396 e. The molecule has 3 nitrogen and oxygen atoms in total. The van der Waals surface area contributed by atoms with Crippen molar-refractivity contribution in [3.05, 3.63) is 11.6 Å². The number of aliphatic hydroxyl groups is 1. The number of hydrogen-bond donors (Lipinski definition) is 2. The summed E-state index contributed by atoms with van der Waals surface area (Å²) < 4.78 is 0. The lowest BCUT2D eigenvalue weighted by Crippen LogP contribution is -2.23. The monoisotopic (exact) mass is 239 g/mol. The second kappa shape index (κ2) is 6.80. The topological polar surface area (TPSA) is 49.3 Å². The summed E-state index contributed by atoms with van der Waals surface area (Å²) in [5, 5.41) is 11.8.